The van der Waals surface area contributed by atoms with Crippen molar-refractivity contribution in [3.63, 3.8) is 0 Å². The number of unbranched alkanes of at least 4 members (excludes halogenated alkanes) is 4. The largest absolute Gasteiger partial charge is 0.398 e. The Labute approximate surface area is 196 Å². The first-order valence-corrected chi connectivity index (χ1v) is 16.4. The molecule has 0 radical (unpaired) electrons. The van der Waals surface area contributed by atoms with Crippen molar-refractivity contribution in [3.05, 3.63) is 0 Å². The number of aliphatic hydroxyl groups excluding tert-OH is 1. The van der Waals surface area contributed by atoms with Gasteiger partial charge in [0, 0.05) is 54.4 Å². The summed E-state index contributed by atoms with van der Waals surface area (Å²) in [6, 6.07) is 1.51. The van der Waals surface area contributed by atoms with E-state index in [4.69, 9.17) is 17.7 Å². The van der Waals surface area contributed by atoms with E-state index in [2.05, 4.69) is 10.6 Å². The van der Waals surface area contributed by atoms with E-state index < -0.39 is 17.1 Å². The van der Waals surface area contributed by atoms with Gasteiger partial charge in [0.25, 0.3) is 0 Å². The smallest absolute Gasteiger partial charge is 0.364 e. The van der Waals surface area contributed by atoms with Crippen LogP contribution in [-0.2, 0) is 27.3 Å². The van der Waals surface area contributed by atoms with Crippen LogP contribution in [0.25, 0.3) is 0 Å². The molecular formula is C21H46N2O7Si2. The van der Waals surface area contributed by atoms with Crippen LogP contribution in [0, 0.1) is 0 Å². The van der Waals surface area contributed by atoms with Crippen molar-refractivity contribution < 1.29 is 32.4 Å². The summed E-state index contributed by atoms with van der Waals surface area (Å²) in [5, 5.41) is 15.3. The summed E-state index contributed by atoms with van der Waals surface area (Å²) in [4.78, 5) is 23.8. The average Bonchev–Trinajstić information content (AvgIpc) is 2.81. The van der Waals surface area contributed by atoms with Crippen LogP contribution in [0.2, 0.25) is 18.6 Å². The first-order chi connectivity index (χ1) is 15.3. The molecule has 0 spiro atoms. The molecule has 0 aliphatic rings. The lowest BCUT2D eigenvalue weighted by atomic mass is 10.1. The topological polar surface area (TPSA) is 115 Å². The normalized spacial score (nSPS) is 12.1. The van der Waals surface area contributed by atoms with Gasteiger partial charge in [-0.15, -0.1) is 0 Å². The van der Waals surface area contributed by atoms with E-state index in [1.807, 2.05) is 6.55 Å². The number of amides is 2. The van der Waals surface area contributed by atoms with Crippen molar-refractivity contribution in [1.29, 1.82) is 0 Å². The highest BCUT2D eigenvalue weighted by molar-refractivity contribution is 6.67. The second-order valence-electron chi connectivity index (χ2n) is 8.19. The SMILES string of the molecule is CO[Si](C)(CCCNC(=O)CCCCCCCC(=O)NCCC[Si](CO)(OC)OC)OC. The second-order valence-corrected chi connectivity index (χ2v) is 15.2. The lowest BCUT2D eigenvalue weighted by Crippen LogP contribution is -2.45. The van der Waals surface area contributed by atoms with E-state index in [1.54, 1.807) is 28.4 Å². The molecule has 0 aromatic carbocycles. The van der Waals surface area contributed by atoms with Gasteiger partial charge in [0.2, 0.25) is 11.8 Å². The van der Waals surface area contributed by atoms with Crippen LogP contribution in [0.3, 0.4) is 0 Å². The fourth-order valence-electron chi connectivity index (χ4n) is 3.28. The van der Waals surface area contributed by atoms with E-state index in [0.717, 1.165) is 51.0 Å². The molecule has 0 saturated heterocycles. The molecule has 9 nitrogen and oxygen atoms in total. The van der Waals surface area contributed by atoms with E-state index in [1.165, 1.54) is 0 Å². The molecule has 0 rings (SSSR count). The zero-order valence-electron chi connectivity index (χ0n) is 20.8. The first-order valence-electron chi connectivity index (χ1n) is 11.6. The molecule has 0 heterocycles. The van der Waals surface area contributed by atoms with Gasteiger partial charge < -0.3 is 33.4 Å². The maximum Gasteiger partial charge on any atom is 0.364 e. The molecule has 2 amide bonds. The lowest BCUT2D eigenvalue weighted by Gasteiger charge is -2.24. The van der Waals surface area contributed by atoms with Crippen LogP contribution in [0.5, 0.6) is 0 Å². The first kappa shape index (κ1) is 31.2. The van der Waals surface area contributed by atoms with Crippen molar-refractivity contribution in [3.8, 4) is 0 Å². The molecule has 32 heavy (non-hydrogen) atoms. The highest BCUT2D eigenvalue weighted by Crippen LogP contribution is 2.14. The van der Waals surface area contributed by atoms with E-state index in [-0.39, 0.29) is 18.0 Å². The third-order valence-corrected chi connectivity index (χ3v) is 11.9. The molecule has 190 valence electrons. The molecule has 3 N–H and O–H groups in total. The Bertz CT molecular complexity index is 496. The van der Waals surface area contributed by atoms with Crippen LogP contribution >= 0.6 is 0 Å². The van der Waals surface area contributed by atoms with Gasteiger partial charge in [-0.2, -0.15) is 0 Å². The Balaban J connectivity index is 3.61. The number of nitrogens with one attached hydrogen (secondary N) is 2. The summed E-state index contributed by atoms with van der Waals surface area (Å²) in [6.07, 6.45) is 7.30. The van der Waals surface area contributed by atoms with E-state index in [9.17, 15) is 14.7 Å². The average molecular weight is 495 g/mol. The number of carbonyl (C=O) groups is 2. The fourth-order valence-corrected chi connectivity index (χ4v) is 6.38. The number of aliphatic hydroxyl groups is 1. The van der Waals surface area contributed by atoms with Crippen LogP contribution in [0.4, 0.5) is 0 Å². The second kappa shape index (κ2) is 18.6. The minimum Gasteiger partial charge on any atom is -0.398 e. The van der Waals surface area contributed by atoms with Crippen molar-refractivity contribution in [2.45, 2.75) is 76.4 Å². The van der Waals surface area contributed by atoms with E-state index in [0.29, 0.717) is 32.0 Å². The van der Waals surface area contributed by atoms with Crippen molar-refractivity contribution in [2.24, 2.45) is 0 Å². The van der Waals surface area contributed by atoms with Gasteiger partial charge in [0.15, 0.2) is 0 Å². The number of rotatable bonds is 21. The molecule has 0 saturated carbocycles. The summed E-state index contributed by atoms with van der Waals surface area (Å²) in [5.74, 6) is 0.148. The predicted molar refractivity (Wildman–Crippen MR) is 130 cm³/mol. The highest BCUT2D eigenvalue weighted by Gasteiger charge is 2.34. The maximum absolute atomic E-state index is 11.9. The van der Waals surface area contributed by atoms with Gasteiger partial charge >= 0.3 is 17.1 Å². The molecule has 0 atom stereocenters. The van der Waals surface area contributed by atoms with Crippen molar-refractivity contribution in [2.75, 3.05) is 47.8 Å². The van der Waals surface area contributed by atoms with Crippen LogP contribution < -0.4 is 10.6 Å². The van der Waals surface area contributed by atoms with Crippen molar-refractivity contribution in [1.82, 2.24) is 10.6 Å². The Morgan fingerprint density at radius 3 is 1.53 bits per heavy atom. The van der Waals surface area contributed by atoms with Crippen LogP contribution in [0.1, 0.15) is 57.8 Å². The van der Waals surface area contributed by atoms with Crippen LogP contribution in [0.15, 0.2) is 0 Å². The molecule has 0 aliphatic heterocycles. The maximum atomic E-state index is 11.9. The Kier molecular flexibility index (Phi) is 18.1. The predicted octanol–water partition coefficient (Wildman–Crippen LogP) is 2.36. The molecule has 0 bridgehead atoms. The summed E-state index contributed by atoms with van der Waals surface area (Å²) >= 11 is 0. The van der Waals surface area contributed by atoms with E-state index >= 15 is 0 Å². The molecule has 11 heteroatoms. The fraction of sp³-hybridized carbons (Fsp3) is 0.905. The minimum atomic E-state index is -2.50. The van der Waals surface area contributed by atoms with Crippen LogP contribution in [-0.4, -0.2) is 81.8 Å². The standard InChI is InChI=1S/C21H46N2O7Si2/c1-27-31(5,28-2)17-11-15-22-20(25)13-9-7-6-8-10-14-21(26)23-16-12-18-32(19-24,29-3)30-4/h24H,6-19H2,1-5H3,(H,22,25)(H,23,26). The number of carbonyl (C=O) groups excluding carboxylic acids is 2. The minimum absolute atomic E-state index is 0.0524. The zero-order valence-corrected chi connectivity index (χ0v) is 22.8. The monoisotopic (exact) mass is 494 g/mol. The van der Waals surface area contributed by atoms with Gasteiger partial charge in [0.1, 0.15) is 0 Å². The van der Waals surface area contributed by atoms with Gasteiger partial charge in [-0.1, -0.05) is 19.3 Å². The van der Waals surface area contributed by atoms with Gasteiger partial charge in [-0.05, 0) is 44.3 Å². The summed E-state index contributed by atoms with van der Waals surface area (Å²) in [5.41, 5.74) is 0. The van der Waals surface area contributed by atoms with Gasteiger partial charge in [-0.25, -0.2) is 0 Å². The Hall–Kier alpha value is -0.826. The Morgan fingerprint density at radius 2 is 1.12 bits per heavy atom. The third kappa shape index (κ3) is 14.3. The summed E-state index contributed by atoms with van der Waals surface area (Å²) < 4.78 is 21.5. The van der Waals surface area contributed by atoms with Gasteiger partial charge in [0.05, 0.1) is 6.23 Å². The quantitative estimate of drug-likeness (QED) is 0.166. The molecule has 0 aromatic heterocycles. The van der Waals surface area contributed by atoms with Gasteiger partial charge in [-0.3, -0.25) is 9.59 Å². The molecule has 0 aliphatic carbocycles. The Morgan fingerprint density at radius 1 is 0.688 bits per heavy atom. The third-order valence-electron chi connectivity index (χ3n) is 5.84. The summed E-state index contributed by atoms with van der Waals surface area (Å²) in [7, 11) is 1.93. The number of hydrogen-bond acceptors (Lipinski definition) is 7. The molecule has 0 unspecified atom stereocenters. The lowest BCUT2D eigenvalue weighted by molar-refractivity contribution is -0.121. The zero-order chi connectivity index (χ0) is 24.3. The molecule has 0 aromatic rings. The highest BCUT2D eigenvalue weighted by atomic mass is 28.4. The molecule has 0 fully saturated rings. The van der Waals surface area contributed by atoms with Crippen molar-refractivity contribution >= 4 is 28.9 Å². The summed E-state index contributed by atoms with van der Waals surface area (Å²) in [6.45, 7) is 3.24. The number of hydrogen-bond donors (Lipinski definition) is 3. The molecular weight excluding hydrogens is 448 g/mol.